The summed E-state index contributed by atoms with van der Waals surface area (Å²) in [4.78, 5) is 2.12. The molecule has 0 amide bonds. The molecule has 0 heterocycles. The van der Waals surface area contributed by atoms with E-state index < -0.39 is 0 Å². The van der Waals surface area contributed by atoms with Gasteiger partial charge in [-0.15, -0.1) is 0 Å². The second-order valence-electron chi connectivity index (χ2n) is 4.34. The summed E-state index contributed by atoms with van der Waals surface area (Å²) in [6.45, 7) is 4.20. The van der Waals surface area contributed by atoms with Gasteiger partial charge in [0.05, 0.1) is 0 Å². The van der Waals surface area contributed by atoms with E-state index in [1.807, 2.05) is 18.2 Å². The minimum Gasteiger partial charge on any atom is -0.377 e. The van der Waals surface area contributed by atoms with Crippen LogP contribution in [0.15, 0.2) is 54.6 Å². The van der Waals surface area contributed by atoms with E-state index in [4.69, 9.17) is 0 Å². The molecular formula is C16H21N. The molecule has 0 aliphatic heterocycles. The van der Waals surface area contributed by atoms with E-state index in [0.29, 0.717) is 0 Å². The molecule has 0 unspecified atom stereocenters. The summed E-state index contributed by atoms with van der Waals surface area (Å²) in [5.74, 6) is 0. The van der Waals surface area contributed by atoms with Crippen molar-refractivity contribution in [2.24, 2.45) is 0 Å². The minimum absolute atomic E-state index is 1.29. The second-order valence-corrected chi connectivity index (χ2v) is 4.34. The number of benzene rings is 2. The molecule has 2 aromatic carbocycles. The number of hydrogen-bond acceptors (Lipinski definition) is 1. The van der Waals surface area contributed by atoms with Crippen LogP contribution >= 0.6 is 0 Å². The van der Waals surface area contributed by atoms with Gasteiger partial charge in [0.25, 0.3) is 0 Å². The van der Waals surface area contributed by atoms with Crippen molar-refractivity contribution in [1.82, 2.24) is 0 Å². The zero-order valence-electron chi connectivity index (χ0n) is 11.1. The van der Waals surface area contributed by atoms with E-state index in [0.717, 1.165) is 0 Å². The molecule has 90 valence electrons. The third-order valence-electron chi connectivity index (χ3n) is 2.54. The normalized spacial score (nSPS) is 9.18. The van der Waals surface area contributed by atoms with Gasteiger partial charge >= 0.3 is 0 Å². The fourth-order valence-electron chi connectivity index (χ4n) is 1.60. The van der Waals surface area contributed by atoms with Crippen LogP contribution in [0.5, 0.6) is 0 Å². The Hall–Kier alpha value is -1.76. The van der Waals surface area contributed by atoms with E-state index in [9.17, 15) is 0 Å². The quantitative estimate of drug-likeness (QED) is 0.710. The molecule has 0 spiro atoms. The van der Waals surface area contributed by atoms with Crippen molar-refractivity contribution in [3.63, 3.8) is 0 Å². The number of nitrogens with zero attached hydrogens (tertiary/aromatic N) is 1. The Balaban J connectivity index is 0.000000181. The van der Waals surface area contributed by atoms with Gasteiger partial charge in [-0.05, 0) is 25.5 Å². The third kappa shape index (κ3) is 4.73. The van der Waals surface area contributed by atoms with Crippen LogP contribution in [0.1, 0.15) is 11.1 Å². The van der Waals surface area contributed by atoms with Crippen molar-refractivity contribution in [3.05, 3.63) is 65.7 Å². The maximum atomic E-state index is 2.12. The summed E-state index contributed by atoms with van der Waals surface area (Å²) < 4.78 is 0. The summed E-state index contributed by atoms with van der Waals surface area (Å²) in [5.41, 5.74) is 3.94. The second kappa shape index (κ2) is 6.74. The largest absolute Gasteiger partial charge is 0.377 e. The highest BCUT2D eigenvalue weighted by molar-refractivity contribution is 5.51. The minimum atomic E-state index is 1.29. The molecule has 2 aromatic rings. The molecule has 0 saturated heterocycles. The molecule has 0 aliphatic carbocycles. The molecule has 0 fully saturated rings. The highest BCUT2D eigenvalue weighted by atomic mass is 15.1. The van der Waals surface area contributed by atoms with Crippen LogP contribution < -0.4 is 4.90 Å². The van der Waals surface area contributed by atoms with Gasteiger partial charge in [-0.2, -0.15) is 0 Å². The van der Waals surface area contributed by atoms with Gasteiger partial charge in [0.15, 0.2) is 0 Å². The first-order chi connectivity index (χ1) is 8.11. The Morgan fingerprint density at radius 2 is 1.24 bits per heavy atom. The Morgan fingerprint density at radius 3 is 1.59 bits per heavy atom. The molecule has 0 N–H and O–H groups in total. The fourth-order valence-corrected chi connectivity index (χ4v) is 1.60. The smallest absolute Gasteiger partial charge is 0.0390 e. The average molecular weight is 227 g/mol. The van der Waals surface area contributed by atoms with Crippen molar-refractivity contribution in [3.8, 4) is 0 Å². The van der Waals surface area contributed by atoms with Crippen molar-refractivity contribution in [1.29, 1.82) is 0 Å². The Morgan fingerprint density at radius 1 is 0.706 bits per heavy atom. The highest BCUT2D eigenvalue weighted by Crippen LogP contribution is 2.15. The topological polar surface area (TPSA) is 3.24 Å². The molecule has 0 bridgehead atoms. The predicted molar refractivity (Wildman–Crippen MR) is 76.7 cm³/mol. The average Bonchev–Trinajstić information content (AvgIpc) is 2.31. The SMILES string of the molecule is Cc1ccccc1.Cc1ccccc1N(C)C. The first-order valence-corrected chi connectivity index (χ1v) is 5.86. The summed E-state index contributed by atoms with van der Waals surface area (Å²) in [7, 11) is 4.12. The van der Waals surface area contributed by atoms with Crippen molar-refractivity contribution in [2.75, 3.05) is 19.0 Å². The zero-order valence-corrected chi connectivity index (χ0v) is 11.1. The molecule has 0 aliphatic rings. The van der Waals surface area contributed by atoms with Gasteiger partial charge in [-0.3, -0.25) is 0 Å². The van der Waals surface area contributed by atoms with Crippen LogP contribution in [-0.2, 0) is 0 Å². The van der Waals surface area contributed by atoms with Gasteiger partial charge < -0.3 is 4.90 Å². The monoisotopic (exact) mass is 227 g/mol. The van der Waals surface area contributed by atoms with Crippen LogP contribution in [0.4, 0.5) is 5.69 Å². The Labute approximate surface area is 105 Å². The molecule has 0 atom stereocenters. The molecule has 0 radical (unpaired) electrons. The van der Waals surface area contributed by atoms with Crippen LogP contribution in [0.2, 0.25) is 0 Å². The lowest BCUT2D eigenvalue weighted by Crippen LogP contribution is -2.09. The lowest BCUT2D eigenvalue weighted by Gasteiger charge is -2.14. The lowest BCUT2D eigenvalue weighted by molar-refractivity contribution is 1.11. The van der Waals surface area contributed by atoms with Gasteiger partial charge in [-0.1, -0.05) is 54.1 Å². The number of anilines is 1. The maximum absolute atomic E-state index is 2.12. The Kier molecular flexibility index (Phi) is 5.28. The molecule has 1 heteroatoms. The summed E-state index contributed by atoms with van der Waals surface area (Å²) in [5, 5.41) is 0. The third-order valence-corrected chi connectivity index (χ3v) is 2.54. The predicted octanol–water partition coefficient (Wildman–Crippen LogP) is 4.06. The molecule has 0 aromatic heterocycles. The number of rotatable bonds is 1. The van der Waals surface area contributed by atoms with Crippen LogP contribution in [0.3, 0.4) is 0 Å². The van der Waals surface area contributed by atoms with Gasteiger partial charge in [0, 0.05) is 19.8 Å². The lowest BCUT2D eigenvalue weighted by atomic mass is 10.2. The maximum Gasteiger partial charge on any atom is 0.0390 e. The van der Waals surface area contributed by atoms with Crippen molar-refractivity contribution < 1.29 is 0 Å². The number of hydrogen-bond donors (Lipinski definition) is 0. The summed E-state index contributed by atoms with van der Waals surface area (Å²) in [6.07, 6.45) is 0. The summed E-state index contributed by atoms with van der Waals surface area (Å²) >= 11 is 0. The standard InChI is InChI=1S/C9H13N.C7H8/c1-8-6-4-5-7-9(8)10(2)3;1-7-5-3-2-4-6-7/h4-7H,1-3H3;2-6H,1H3. The molecule has 17 heavy (non-hydrogen) atoms. The van der Waals surface area contributed by atoms with E-state index in [-0.39, 0.29) is 0 Å². The van der Waals surface area contributed by atoms with Crippen molar-refractivity contribution in [2.45, 2.75) is 13.8 Å². The number of aryl methyl sites for hydroxylation is 2. The highest BCUT2D eigenvalue weighted by Gasteiger charge is 1.95. The van der Waals surface area contributed by atoms with E-state index in [1.165, 1.54) is 16.8 Å². The van der Waals surface area contributed by atoms with E-state index in [2.05, 4.69) is 69.2 Å². The van der Waals surface area contributed by atoms with Gasteiger partial charge in [0.1, 0.15) is 0 Å². The first kappa shape index (κ1) is 13.3. The first-order valence-electron chi connectivity index (χ1n) is 5.86. The van der Waals surface area contributed by atoms with Crippen molar-refractivity contribution >= 4 is 5.69 Å². The van der Waals surface area contributed by atoms with E-state index >= 15 is 0 Å². The Bertz CT molecular complexity index is 432. The molecular weight excluding hydrogens is 206 g/mol. The zero-order chi connectivity index (χ0) is 12.7. The van der Waals surface area contributed by atoms with Crippen LogP contribution in [0, 0.1) is 13.8 Å². The fraction of sp³-hybridized carbons (Fsp3) is 0.250. The molecule has 1 nitrogen and oxygen atoms in total. The summed E-state index contributed by atoms with van der Waals surface area (Å²) in [6, 6.07) is 18.6. The van der Waals surface area contributed by atoms with Crippen LogP contribution in [0.25, 0.3) is 0 Å². The van der Waals surface area contributed by atoms with Gasteiger partial charge in [0.2, 0.25) is 0 Å². The van der Waals surface area contributed by atoms with E-state index in [1.54, 1.807) is 0 Å². The van der Waals surface area contributed by atoms with Crippen LogP contribution in [-0.4, -0.2) is 14.1 Å². The van der Waals surface area contributed by atoms with Gasteiger partial charge in [-0.25, -0.2) is 0 Å². The number of para-hydroxylation sites is 1. The molecule has 0 saturated carbocycles. The molecule has 2 rings (SSSR count).